The Balaban J connectivity index is 2.27. The normalized spacial score (nSPS) is 12.1. The third kappa shape index (κ3) is 7.76. The summed E-state index contributed by atoms with van der Waals surface area (Å²) in [6.07, 6.45) is 15.0. The van der Waals surface area contributed by atoms with Crippen molar-refractivity contribution in [3.8, 4) is 0 Å². The van der Waals surface area contributed by atoms with Gasteiger partial charge in [0, 0.05) is 0 Å². The zero-order chi connectivity index (χ0) is 16.3. The minimum atomic E-state index is -4.15. The van der Waals surface area contributed by atoms with E-state index in [-0.39, 0.29) is 4.90 Å². The second kappa shape index (κ2) is 10.6. The van der Waals surface area contributed by atoms with Gasteiger partial charge in [-0.05, 0) is 24.5 Å². The highest BCUT2D eigenvalue weighted by Gasteiger charge is 2.12. The van der Waals surface area contributed by atoms with Crippen molar-refractivity contribution in [1.29, 1.82) is 0 Å². The minimum absolute atomic E-state index is 0.0258. The zero-order valence-corrected chi connectivity index (χ0v) is 14.3. The van der Waals surface area contributed by atoms with Gasteiger partial charge in [-0.1, -0.05) is 82.2 Å². The van der Waals surface area contributed by atoms with Crippen LogP contribution in [-0.4, -0.2) is 13.0 Å². The third-order valence-electron chi connectivity index (χ3n) is 3.72. The summed E-state index contributed by atoms with van der Waals surface area (Å²) in [6.45, 7) is 2.23. The largest absolute Gasteiger partial charge is 0.295 e. The Bertz CT molecular complexity index is 547. The van der Waals surface area contributed by atoms with Crippen LogP contribution in [0.2, 0.25) is 0 Å². The van der Waals surface area contributed by atoms with E-state index in [0.717, 1.165) is 12.8 Å². The average Bonchev–Trinajstić information content (AvgIpc) is 2.48. The standard InChI is InChI=1S/C18H28O3S/c1-2-3-4-5-6-7-8-9-10-11-14-17-15-12-13-16-18(17)22(19,20)21/h11-16H,2-10H2,1H3,(H,19,20,21)/b14-11+. The van der Waals surface area contributed by atoms with Crippen LogP contribution >= 0.6 is 0 Å². The number of rotatable bonds is 11. The summed E-state index contributed by atoms with van der Waals surface area (Å²) in [5.41, 5.74) is 0.546. The van der Waals surface area contributed by atoms with Crippen LogP contribution in [0, 0.1) is 0 Å². The monoisotopic (exact) mass is 324 g/mol. The first-order valence-corrected chi connectivity index (χ1v) is 9.72. The van der Waals surface area contributed by atoms with Crippen molar-refractivity contribution in [1.82, 2.24) is 0 Å². The Morgan fingerprint density at radius 3 is 2.18 bits per heavy atom. The maximum atomic E-state index is 11.3. The van der Waals surface area contributed by atoms with E-state index in [4.69, 9.17) is 4.55 Å². The number of benzene rings is 1. The SMILES string of the molecule is CCCCCCCCCC/C=C/c1ccccc1S(=O)(=O)O. The van der Waals surface area contributed by atoms with Crippen LogP contribution in [0.3, 0.4) is 0 Å². The second-order valence-electron chi connectivity index (χ2n) is 5.68. The van der Waals surface area contributed by atoms with Gasteiger partial charge >= 0.3 is 0 Å². The van der Waals surface area contributed by atoms with E-state index in [9.17, 15) is 8.42 Å². The smallest absolute Gasteiger partial charge is 0.282 e. The maximum Gasteiger partial charge on any atom is 0.295 e. The fourth-order valence-electron chi connectivity index (χ4n) is 2.46. The number of unbranched alkanes of at least 4 members (excludes halogenated alkanes) is 8. The number of hydrogen-bond acceptors (Lipinski definition) is 2. The van der Waals surface area contributed by atoms with Gasteiger partial charge in [0.15, 0.2) is 0 Å². The summed E-state index contributed by atoms with van der Waals surface area (Å²) >= 11 is 0. The van der Waals surface area contributed by atoms with Crippen molar-refractivity contribution in [2.45, 2.75) is 69.6 Å². The van der Waals surface area contributed by atoms with Crippen molar-refractivity contribution in [3.63, 3.8) is 0 Å². The van der Waals surface area contributed by atoms with Gasteiger partial charge in [0.25, 0.3) is 10.1 Å². The Kier molecular flexibility index (Phi) is 9.09. The van der Waals surface area contributed by atoms with Crippen LogP contribution in [0.5, 0.6) is 0 Å². The van der Waals surface area contributed by atoms with E-state index in [1.54, 1.807) is 24.3 Å². The molecule has 0 aliphatic heterocycles. The molecule has 1 N–H and O–H groups in total. The highest BCUT2D eigenvalue weighted by Crippen LogP contribution is 2.17. The molecule has 3 nitrogen and oxygen atoms in total. The summed E-state index contributed by atoms with van der Waals surface area (Å²) in [6, 6.07) is 6.50. The van der Waals surface area contributed by atoms with E-state index in [0.29, 0.717) is 5.56 Å². The Morgan fingerprint density at radius 2 is 1.55 bits per heavy atom. The predicted octanol–water partition coefficient (Wildman–Crippen LogP) is 5.48. The van der Waals surface area contributed by atoms with Crippen molar-refractivity contribution in [3.05, 3.63) is 35.9 Å². The maximum absolute atomic E-state index is 11.3. The van der Waals surface area contributed by atoms with Gasteiger partial charge < -0.3 is 0 Å². The quantitative estimate of drug-likeness (QED) is 0.433. The molecule has 0 heterocycles. The van der Waals surface area contributed by atoms with Crippen molar-refractivity contribution >= 4 is 16.2 Å². The molecular weight excluding hydrogens is 296 g/mol. The first-order chi connectivity index (χ1) is 10.6. The van der Waals surface area contributed by atoms with Gasteiger partial charge in [0.05, 0.1) is 0 Å². The van der Waals surface area contributed by atoms with Gasteiger partial charge in [0.2, 0.25) is 0 Å². The lowest BCUT2D eigenvalue weighted by Crippen LogP contribution is -2.00. The molecule has 1 aromatic carbocycles. The van der Waals surface area contributed by atoms with Crippen LogP contribution < -0.4 is 0 Å². The van der Waals surface area contributed by atoms with E-state index >= 15 is 0 Å². The molecular formula is C18H28O3S. The predicted molar refractivity (Wildman–Crippen MR) is 92.5 cm³/mol. The lowest BCUT2D eigenvalue weighted by molar-refractivity contribution is 0.483. The summed E-state index contributed by atoms with van der Waals surface area (Å²) < 4.78 is 31.7. The topological polar surface area (TPSA) is 54.4 Å². The van der Waals surface area contributed by atoms with E-state index in [1.165, 1.54) is 51.0 Å². The summed E-state index contributed by atoms with van der Waals surface area (Å²) in [5.74, 6) is 0. The Labute approximate surface area is 135 Å². The summed E-state index contributed by atoms with van der Waals surface area (Å²) in [7, 11) is -4.15. The highest BCUT2D eigenvalue weighted by atomic mass is 32.2. The van der Waals surface area contributed by atoms with Crippen LogP contribution in [0.15, 0.2) is 35.2 Å². The molecule has 22 heavy (non-hydrogen) atoms. The van der Waals surface area contributed by atoms with Crippen LogP contribution in [-0.2, 0) is 10.1 Å². The van der Waals surface area contributed by atoms with Crippen molar-refractivity contribution in [2.75, 3.05) is 0 Å². The Hall–Kier alpha value is -1.13. The molecule has 0 aromatic heterocycles. The fourth-order valence-corrected chi connectivity index (χ4v) is 3.14. The molecule has 4 heteroatoms. The van der Waals surface area contributed by atoms with Gasteiger partial charge in [0.1, 0.15) is 4.90 Å². The lowest BCUT2D eigenvalue weighted by atomic mass is 10.1. The van der Waals surface area contributed by atoms with Crippen LogP contribution in [0.25, 0.3) is 6.08 Å². The first kappa shape index (κ1) is 18.9. The molecule has 0 atom stereocenters. The zero-order valence-electron chi connectivity index (χ0n) is 13.5. The van der Waals surface area contributed by atoms with Gasteiger partial charge in [-0.15, -0.1) is 0 Å². The molecule has 1 aromatic rings. The summed E-state index contributed by atoms with van der Waals surface area (Å²) in [5, 5.41) is 0. The van der Waals surface area contributed by atoms with Crippen molar-refractivity contribution < 1.29 is 13.0 Å². The molecule has 0 saturated heterocycles. The fraction of sp³-hybridized carbons (Fsp3) is 0.556. The van der Waals surface area contributed by atoms with Gasteiger partial charge in [-0.3, -0.25) is 4.55 Å². The second-order valence-corrected chi connectivity index (χ2v) is 7.07. The molecule has 0 bridgehead atoms. The minimum Gasteiger partial charge on any atom is -0.282 e. The number of hydrogen-bond donors (Lipinski definition) is 1. The number of allylic oxidation sites excluding steroid dienone is 1. The third-order valence-corrected chi connectivity index (χ3v) is 4.65. The lowest BCUT2D eigenvalue weighted by Gasteiger charge is -2.02. The molecule has 0 aliphatic carbocycles. The van der Waals surface area contributed by atoms with Crippen LogP contribution in [0.4, 0.5) is 0 Å². The molecule has 0 fully saturated rings. The molecule has 0 spiro atoms. The molecule has 0 unspecified atom stereocenters. The van der Waals surface area contributed by atoms with Gasteiger partial charge in [-0.25, -0.2) is 0 Å². The average molecular weight is 324 g/mol. The van der Waals surface area contributed by atoms with E-state index in [1.807, 2.05) is 6.08 Å². The molecule has 0 amide bonds. The van der Waals surface area contributed by atoms with E-state index < -0.39 is 10.1 Å². The summed E-state index contributed by atoms with van der Waals surface area (Å²) in [4.78, 5) is -0.0258. The molecule has 0 saturated carbocycles. The molecule has 0 aliphatic rings. The molecule has 124 valence electrons. The van der Waals surface area contributed by atoms with Crippen LogP contribution in [0.1, 0.15) is 70.3 Å². The molecule has 0 radical (unpaired) electrons. The highest BCUT2D eigenvalue weighted by molar-refractivity contribution is 7.85. The van der Waals surface area contributed by atoms with Gasteiger partial charge in [-0.2, -0.15) is 8.42 Å². The first-order valence-electron chi connectivity index (χ1n) is 8.28. The molecule has 1 rings (SSSR count). The van der Waals surface area contributed by atoms with Crippen molar-refractivity contribution in [2.24, 2.45) is 0 Å². The Morgan fingerprint density at radius 1 is 0.955 bits per heavy atom. The van der Waals surface area contributed by atoms with E-state index in [2.05, 4.69) is 6.92 Å².